The molecule has 47 valence electrons. The van der Waals surface area contributed by atoms with Crippen LogP contribution in [0.2, 0.25) is 0 Å². The zero-order chi connectivity index (χ0) is 7.11. The van der Waals surface area contributed by atoms with Gasteiger partial charge in [-0.1, -0.05) is 35.9 Å². The summed E-state index contributed by atoms with van der Waals surface area (Å²) in [5.74, 6) is 0. The van der Waals surface area contributed by atoms with Gasteiger partial charge < -0.3 is 0 Å². The molecule has 2 heteroatoms. The number of hydrogen-bond acceptors (Lipinski definition) is 0. The van der Waals surface area contributed by atoms with Gasteiger partial charge in [-0.05, 0) is 6.92 Å². The first-order valence-corrected chi connectivity index (χ1v) is 4.75. The van der Waals surface area contributed by atoms with Crippen molar-refractivity contribution in [2.24, 2.45) is 0 Å². The van der Waals surface area contributed by atoms with Crippen LogP contribution in [0.3, 0.4) is 0 Å². The van der Waals surface area contributed by atoms with Gasteiger partial charge in [-0.3, -0.25) is 0 Å². The fourth-order valence-electron chi connectivity index (χ4n) is 0.534. The number of benzene rings is 1. The molecule has 0 aliphatic heterocycles. The Morgan fingerprint density at radius 2 is 1.56 bits per heavy atom. The molecule has 0 spiro atoms. The van der Waals surface area contributed by atoms with Crippen molar-refractivity contribution in [1.82, 2.24) is 0 Å². The van der Waals surface area contributed by atoms with Gasteiger partial charge in [-0.15, -0.1) is 0 Å². The summed E-state index contributed by atoms with van der Waals surface area (Å²) in [6, 6.07) is 10.3. The number of hydrogen-bond donors (Lipinski definition) is 0. The Morgan fingerprint density at radius 1 is 1.11 bits per heavy atom. The standard InChI is InChI=1S/C7H8.ClH.Ti/c1-7-5-3-2-4-6-7;;/h2-6H,1H3;1H;/q;;+1/p-1. The van der Waals surface area contributed by atoms with Crippen LogP contribution in [0.15, 0.2) is 30.3 Å². The van der Waals surface area contributed by atoms with E-state index >= 15 is 0 Å². The van der Waals surface area contributed by atoms with E-state index in [9.17, 15) is 0 Å². The van der Waals surface area contributed by atoms with Crippen molar-refractivity contribution in [3.05, 3.63) is 35.9 Å². The molecular formula is C7H8ClTi. The maximum atomic E-state index is 4.64. The van der Waals surface area contributed by atoms with Crippen LogP contribution < -0.4 is 0 Å². The molecule has 0 atom stereocenters. The Hall–Kier alpha value is 0.224. The third-order valence-corrected chi connectivity index (χ3v) is 0.940. The average Bonchev–Trinajstić information content (AvgIpc) is 1.94. The first kappa shape index (κ1) is 9.22. The Kier molecular flexibility index (Phi) is 6.50. The third kappa shape index (κ3) is 4.71. The van der Waals surface area contributed by atoms with Gasteiger partial charge in [0.1, 0.15) is 0 Å². The van der Waals surface area contributed by atoms with Crippen LogP contribution in [-0.2, 0) is 19.4 Å². The van der Waals surface area contributed by atoms with E-state index in [0.717, 1.165) is 0 Å². The van der Waals surface area contributed by atoms with Crippen LogP contribution in [-0.4, -0.2) is 0 Å². The van der Waals surface area contributed by atoms with Gasteiger partial charge in [-0.25, -0.2) is 0 Å². The number of aryl methyl sites for hydroxylation is 1. The van der Waals surface area contributed by atoms with Gasteiger partial charge in [0.25, 0.3) is 0 Å². The molecule has 9 heavy (non-hydrogen) atoms. The van der Waals surface area contributed by atoms with E-state index in [2.05, 4.69) is 28.4 Å². The van der Waals surface area contributed by atoms with Gasteiger partial charge in [0, 0.05) is 0 Å². The summed E-state index contributed by atoms with van der Waals surface area (Å²) < 4.78 is 0. The number of rotatable bonds is 0. The van der Waals surface area contributed by atoms with Crippen LogP contribution in [0.25, 0.3) is 0 Å². The molecule has 0 fully saturated rings. The fourth-order valence-corrected chi connectivity index (χ4v) is 0.534. The van der Waals surface area contributed by atoms with Crippen LogP contribution in [0.1, 0.15) is 5.56 Å². The topological polar surface area (TPSA) is 0 Å². The predicted molar refractivity (Wildman–Crippen MR) is 37.0 cm³/mol. The van der Waals surface area contributed by atoms with E-state index in [0.29, 0.717) is 0 Å². The molecule has 0 saturated heterocycles. The molecule has 0 heterocycles. The molecule has 0 bridgehead atoms. The summed E-state index contributed by atoms with van der Waals surface area (Å²) in [6.45, 7) is 2.08. The Morgan fingerprint density at radius 3 is 1.78 bits per heavy atom. The monoisotopic (exact) mass is 175 g/mol. The molecule has 0 aliphatic carbocycles. The van der Waals surface area contributed by atoms with Gasteiger partial charge in [0.15, 0.2) is 0 Å². The van der Waals surface area contributed by atoms with E-state index in [4.69, 9.17) is 0 Å². The molecular weight excluding hydrogens is 167 g/mol. The Labute approximate surface area is 71.5 Å². The zero-order valence-electron chi connectivity index (χ0n) is 5.26. The molecule has 0 aromatic heterocycles. The first-order valence-electron chi connectivity index (χ1n) is 2.60. The van der Waals surface area contributed by atoms with Crippen LogP contribution >= 0.6 is 9.30 Å². The molecule has 1 rings (SSSR count). The molecule has 1 aromatic rings. The summed E-state index contributed by atoms with van der Waals surface area (Å²) in [4.78, 5) is 0. The molecule has 0 N–H and O–H groups in total. The van der Waals surface area contributed by atoms with Crippen LogP contribution in [0.5, 0.6) is 0 Å². The van der Waals surface area contributed by atoms with Crippen molar-refractivity contribution in [2.45, 2.75) is 6.92 Å². The maximum absolute atomic E-state index is 4.64. The second-order valence-corrected chi connectivity index (χ2v) is 1.65. The zero-order valence-corrected chi connectivity index (χ0v) is 7.58. The van der Waals surface area contributed by atoms with E-state index in [1.54, 1.807) is 0 Å². The second-order valence-electron chi connectivity index (χ2n) is 1.65. The van der Waals surface area contributed by atoms with Crippen molar-refractivity contribution in [3.8, 4) is 0 Å². The third-order valence-electron chi connectivity index (χ3n) is 0.940. The van der Waals surface area contributed by atoms with E-state index in [1.807, 2.05) is 18.2 Å². The SMILES string of the molecule is Cc1ccccc1.[Cl][Ti]. The van der Waals surface area contributed by atoms with E-state index < -0.39 is 0 Å². The van der Waals surface area contributed by atoms with Gasteiger partial charge >= 0.3 is 28.7 Å². The summed E-state index contributed by atoms with van der Waals surface area (Å²) in [7, 11) is 4.64. The van der Waals surface area contributed by atoms with Crippen molar-refractivity contribution < 1.29 is 19.4 Å². The first-order chi connectivity index (χ1) is 4.39. The molecule has 1 aromatic carbocycles. The predicted octanol–water partition coefficient (Wildman–Crippen LogP) is 2.68. The quantitative estimate of drug-likeness (QED) is 0.532. The van der Waals surface area contributed by atoms with E-state index in [-0.39, 0.29) is 0 Å². The fraction of sp³-hybridized carbons (Fsp3) is 0.143. The van der Waals surface area contributed by atoms with Crippen LogP contribution in [0, 0.1) is 6.92 Å². The minimum atomic E-state index is 1.32. The van der Waals surface area contributed by atoms with Gasteiger partial charge in [0.05, 0.1) is 0 Å². The van der Waals surface area contributed by atoms with E-state index in [1.165, 1.54) is 24.9 Å². The Bertz CT molecular complexity index is 139. The van der Waals surface area contributed by atoms with Crippen molar-refractivity contribution >= 4 is 9.30 Å². The van der Waals surface area contributed by atoms with Gasteiger partial charge in [-0.2, -0.15) is 0 Å². The van der Waals surface area contributed by atoms with Gasteiger partial charge in [0.2, 0.25) is 0 Å². The second kappa shape index (κ2) is 6.35. The molecule has 0 nitrogen and oxygen atoms in total. The summed E-state index contributed by atoms with van der Waals surface area (Å²) >= 11 is 1.47. The summed E-state index contributed by atoms with van der Waals surface area (Å²) in [5.41, 5.74) is 1.32. The number of halogens is 1. The van der Waals surface area contributed by atoms with Crippen molar-refractivity contribution in [2.75, 3.05) is 0 Å². The molecule has 0 saturated carbocycles. The van der Waals surface area contributed by atoms with Crippen molar-refractivity contribution in [3.63, 3.8) is 0 Å². The average molecular weight is 175 g/mol. The molecule has 0 amide bonds. The van der Waals surface area contributed by atoms with Crippen LogP contribution in [0.4, 0.5) is 0 Å². The minimum absolute atomic E-state index is 1.32. The Balaban J connectivity index is 0.000000291. The van der Waals surface area contributed by atoms with Crippen molar-refractivity contribution in [1.29, 1.82) is 0 Å². The summed E-state index contributed by atoms with van der Waals surface area (Å²) in [5, 5.41) is 0. The summed E-state index contributed by atoms with van der Waals surface area (Å²) in [6.07, 6.45) is 0. The molecule has 0 radical (unpaired) electrons. The normalized spacial score (nSPS) is 7.22. The molecule has 0 unspecified atom stereocenters. The molecule has 0 aliphatic rings.